The molecule has 0 aliphatic heterocycles. The van der Waals surface area contributed by atoms with Crippen LogP contribution in [-0.4, -0.2) is 17.0 Å². The van der Waals surface area contributed by atoms with E-state index in [0.717, 1.165) is 0 Å². The van der Waals surface area contributed by atoms with Crippen LogP contribution in [0.3, 0.4) is 0 Å². The van der Waals surface area contributed by atoms with Gasteiger partial charge in [0, 0.05) is 15.6 Å². The van der Waals surface area contributed by atoms with Crippen molar-refractivity contribution in [2.45, 2.75) is 19.4 Å². The number of ether oxygens (including phenoxy) is 1. The number of carbonyl (C=O) groups excluding carboxylic acids is 1. The van der Waals surface area contributed by atoms with Crippen LogP contribution in [0, 0.1) is 11.8 Å². The van der Waals surface area contributed by atoms with Gasteiger partial charge in [0.15, 0.2) is 0 Å². The van der Waals surface area contributed by atoms with E-state index in [9.17, 15) is 9.59 Å². The summed E-state index contributed by atoms with van der Waals surface area (Å²) < 4.78 is 5.20. The molecule has 0 spiro atoms. The summed E-state index contributed by atoms with van der Waals surface area (Å²) in [5, 5.41) is 10.0. The highest BCUT2D eigenvalue weighted by molar-refractivity contribution is 6.35. The highest BCUT2D eigenvalue weighted by atomic mass is 35.5. The maximum absolute atomic E-state index is 12.1. The maximum atomic E-state index is 12.1. The fourth-order valence-corrected chi connectivity index (χ4v) is 2.71. The lowest BCUT2D eigenvalue weighted by molar-refractivity contribution is -0.158. The zero-order chi connectivity index (χ0) is 15.4. The van der Waals surface area contributed by atoms with E-state index in [4.69, 9.17) is 33.0 Å². The molecule has 21 heavy (non-hydrogen) atoms. The zero-order valence-electron chi connectivity index (χ0n) is 11.1. The van der Waals surface area contributed by atoms with Gasteiger partial charge < -0.3 is 9.84 Å². The van der Waals surface area contributed by atoms with Gasteiger partial charge in [-0.2, -0.15) is 0 Å². The molecule has 1 N–H and O–H groups in total. The third-order valence-electron chi connectivity index (χ3n) is 3.44. The van der Waals surface area contributed by atoms with Crippen LogP contribution in [0.2, 0.25) is 10.0 Å². The number of carbonyl (C=O) groups is 2. The number of benzene rings is 1. The Labute approximate surface area is 132 Å². The van der Waals surface area contributed by atoms with E-state index in [2.05, 4.69) is 0 Å². The summed E-state index contributed by atoms with van der Waals surface area (Å²) >= 11 is 11.8. The maximum Gasteiger partial charge on any atom is 0.310 e. The predicted molar refractivity (Wildman–Crippen MR) is 79.2 cm³/mol. The minimum Gasteiger partial charge on any atom is -0.481 e. The highest BCUT2D eigenvalue weighted by Gasteiger charge is 2.35. The van der Waals surface area contributed by atoms with Gasteiger partial charge >= 0.3 is 11.9 Å². The number of allylic oxidation sites excluding steroid dienone is 2. The highest BCUT2D eigenvalue weighted by Crippen LogP contribution is 2.28. The summed E-state index contributed by atoms with van der Waals surface area (Å²) in [6.45, 7) is 0.00138. The molecule has 0 aromatic heterocycles. The molecule has 2 rings (SSSR count). The molecule has 112 valence electrons. The predicted octanol–water partition coefficient (Wildman–Crippen LogP) is 3.70. The standard InChI is InChI=1S/C15H14Cl2O4/c16-10-6-5-9(13(17)7-10)8-21-15(20)12-4-2-1-3-11(12)14(18)19/h1-2,5-7,11-12H,3-4,8H2,(H,18,19). The minimum atomic E-state index is -0.981. The van der Waals surface area contributed by atoms with Gasteiger partial charge in [-0.1, -0.05) is 41.4 Å². The average Bonchev–Trinajstić information content (AvgIpc) is 2.46. The van der Waals surface area contributed by atoms with Crippen LogP contribution in [0.4, 0.5) is 0 Å². The molecule has 2 atom stereocenters. The van der Waals surface area contributed by atoms with E-state index < -0.39 is 23.8 Å². The van der Waals surface area contributed by atoms with Crippen LogP contribution in [0.15, 0.2) is 30.4 Å². The molecule has 6 heteroatoms. The second kappa shape index (κ2) is 6.96. The molecule has 0 amide bonds. The molecule has 2 unspecified atom stereocenters. The summed E-state index contributed by atoms with van der Waals surface area (Å²) in [7, 11) is 0. The monoisotopic (exact) mass is 328 g/mol. The van der Waals surface area contributed by atoms with E-state index in [-0.39, 0.29) is 6.61 Å². The molecule has 1 aliphatic rings. The number of carboxylic acids is 1. The number of hydrogen-bond acceptors (Lipinski definition) is 3. The van der Waals surface area contributed by atoms with E-state index >= 15 is 0 Å². The van der Waals surface area contributed by atoms with Crippen LogP contribution >= 0.6 is 23.2 Å². The van der Waals surface area contributed by atoms with Crippen LogP contribution in [0.25, 0.3) is 0 Å². The summed E-state index contributed by atoms with van der Waals surface area (Å²) in [4.78, 5) is 23.2. The van der Waals surface area contributed by atoms with Crippen molar-refractivity contribution in [2.24, 2.45) is 11.8 Å². The fourth-order valence-electron chi connectivity index (χ4n) is 2.24. The first-order valence-electron chi connectivity index (χ1n) is 6.47. The first kappa shape index (κ1) is 15.9. The largest absolute Gasteiger partial charge is 0.481 e. The van der Waals surface area contributed by atoms with Crippen molar-refractivity contribution < 1.29 is 19.4 Å². The smallest absolute Gasteiger partial charge is 0.310 e. The van der Waals surface area contributed by atoms with Gasteiger partial charge in [0.2, 0.25) is 0 Å². The van der Waals surface area contributed by atoms with Crippen LogP contribution < -0.4 is 0 Å². The van der Waals surface area contributed by atoms with Crippen molar-refractivity contribution in [2.75, 3.05) is 0 Å². The summed E-state index contributed by atoms with van der Waals surface area (Å²) in [6.07, 6.45) is 4.31. The van der Waals surface area contributed by atoms with Gasteiger partial charge in [-0.05, 0) is 25.0 Å². The summed E-state index contributed by atoms with van der Waals surface area (Å²) in [5.41, 5.74) is 0.632. The van der Waals surface area contributed by atoms with E-state index in [1.54, 1.807) is 30.4 Å². The number of rotatable bonds is 4. The quantitative estimate of drug-likeness (QED) is 0.676. The number of aliphatic carboxylic acids is 1. The molecule has 1 aromatic carbocycles. The van der Waals surface area contributed by atoms with Crippen molar-refractivity contribution in [1.82, 2.24) is 0 Å². The third-order valence-corrected chi connectivity index (χ3v) is 4.02. The summed E-state index contributed by atoms with van der Waals surface area (Å²) in [6, 6.07) is 4.89. The SMILES string of the molecule is O=C(O)C1CC=CCC1C(=O)OCc1ccc(Cl)cc1Cl. The first-order valence-corrected chi connectivity index (χ1v) is 7.23. The molecule has 0 bridgehead atoms. The number of halogens is 2. The molecular formula is C15H14Cl2O4. The van der Waals surface area contributed by atoms with Gasteiger partial charge in [0.05, 0.1) is 11.8 Å². The van der Waals surface area contributed by atoms with Crippen molar-refractivity contribution in [3.63, 3.8) is 0 Å². The van der Waals surface area contributed by atoms with Crippen molar-refractivity contribution in [1.29, 1.82) is 0 Å². The van der Waals surface area contributed by atoms with E-state index in [0.29, 0.717) is 28.5 Å². The Balaban J connectivity index is 2.00. The van der Waals surface area contributed by atoms with Crippen LogP contribution in [0.5, 0.6) is 0 Å². The lowest BCUT2D eigenvalue weighted by Gasteiger charge is -2.23. The topological polar surface area (TPSA) is 63.6 Å². The van der Waals surface area contributed by atoms with Gasteiger partial charge in [0.25, 0.3) is 0 Å². The molecule has 0 heterocycles. The molecule has 0 radical (unpaired) electrons. The molecule has 0 saturated heterocycles. The van der Waals surface area contributed by atoms with Crippen molar-refractivity contribution in [3.8, 4) is 0 Å². The molecule has 0 fully saturated rings. The van der Waals surface area contributed by atoms with Crippen molar-refractivity contribution in [3.05, 3.63) is 46.0 Å². The number of esters is 1. The number of hydrogen-bond donors (Lipinski definition) is 1. The normalized spacial score (nSPS) is 21.0. The van der Waals surface area contributed by atoms with E-state index in [1.807, 2.05) is 0 Å². The Morgan fingerprint density at radius 1 is 1.19 bits per heavy atom. The first-order chi connectivity index (χ1) is 9.99. The molecule has 4 nitrogen and oxygen atoms in total. The van der Waals surface area contributed by atoms with Gasteiger partial charge in [-0.25, -0.2) is 0 Å². The Hall–Kier alpha value is -1.52. The Bertz CT molecular complexity index is 583. The Morgan fingerprint density at radius 3 is 2.48 bits per heavy atom. The fraction of sp³-hybridized carbons (Fsp3) is 0.333. The average molecular weight is 329 g/mol. The lowest BCUT2D eigenvalue weighted by Crippen LogP contribution is -2.32. The Kier molecular flexibility index (Phi) is 5.26. The minimum absolute atomic E-state index is 0.00138. The lowest BCUT2D eigenvalue weighted by atomic mass is 9.83. The zero-order valence-corrected chi connectivity index (χ0v) is 12.6. The van der Waals surface area contributed by atoms with E-state index in [1.165, 1.54) is 0 Å². The molecule has 0 saturated carbocycles. The molecule has 1 aromatic rings. The van der Waals surface area contributed by atoms with Gasteiger partial charge in [0.1, 0.15) is 6.61 Å². The van der Waals surface area contributed by atoms with Gasteiger partial charge in [-0.3, -0.25) is 9.59 Å². The van der Waals surface area contributed by atoms with Crippen molar-refractivity contribution >= 4 is 35.1 Å². The van der Waals surface area contributed by atoms with Gasteiger partial charge in [-0.15, -0.1) is 0 Å². The van der Waals surface area contributed by atoms with Crippen LogP contribution in [0.1, 0.15) is 18.4 Å². The molecule has 1 aliphatic carbocycles. The Morgan fingerprint density at radius 2 is 1.86 bits per heavy atom. The molecular weight excluding hydrogens is 315 g/mol. The second-order valence-electron chi connectivity index (χ2n) is 4.84. The van der Waals surface area contributed by atoms with Crippen LogP contribution in [-0.2, 0) is 20.9 Å². The number of carboxylic acid groups (broad SMARTS) is 1. The third kappa shape index (κ3) is 3.99. The summed E-state index contributed by atoms with van der Waals surface area (Å²) in [5.74, 6) is -2.88. The second-order valence-corrected chi connectivity index (χ2v) is 5.68.